The first-order valence-electron chi connectivity index (χ1n) is 6.54. The van der Waals surface area contributed by atoms with E-state index in [1.165, 1.54) is 17.1 Å². The number of hydrogen-bond donors (Lipinski definition) is 2. The molecule has 2 heterocycles. The predicted molar refractivity (Wildman–Crippen MR) is 78.3 cm³/mol. The van der Waals surface area contributed by atoms with E-state index in [2.05, 4.69) is 38.0 Å². The van der Waals surface area contributed by atoms with Crippen LogP contribution in [0.4, 0.5) is 5.13 Å². The third-order valence-corrected chi connectivity index (χ3v) is 3.35. The summed E-state index contributed by atoms with van der Waals surface area (Å²) in [5.74, 6) is 0.919. The zero-order valence-electron chi connectivity index (χ0n) is 11.1. The highest BCUT2D eigenvalue weighted by atomic mass is 32.1. The molecule has 0 atom stereocenters. The predicted octanol–water partition coefficient (Wildman–Crippen LogP) is 2.09. The Hall–Kier alpha value is -1.53. The van der Waals surface area contributed by atoms with Crippen molar-refractivity contribution in [3.8, 4) is 0 Å². The summed E-state index contributed by atoms with van der Waals surface area (Å²) in [7, 11) is 0. The number of aromatic nitrogens is 3. The highest BCUT2D eigenvalue weighted by Crippen LogP contribution is 2.10. The number of hydrogen-bond acceptors (Lipinski definition) is 6. The second-order valence-electron chi connectivity index (χ2n) is 4.19. The summed E-state index contributed by atoms with van der Waals surface area (Å²) < 4.78 is 4.23. The van der Waals surface area contributed by atoms with E-state index < -0.39 is 0 Å². The van der Waals surface area contributed by atoms with Crippen molar-refractivity contribution in [3.63, 3.8) is 0 Å². The van der Waals surface area contributed by atoms with Gasteiger partial charge < -0.3 is 10.6 Å². The smallest absolute Gasteiger partial charge is 0.202 e. The van der Waals surface area contributed by atoms with Crippen molar-refractivity contribution in [1.29, 1.82) is 0 Å². The molecular formula is C13H19N5S. The molecule has 0 fully saturated rings. The molecule has 2 aromatic heterocycles. The molecule has 0 aliphatic rings. The Morgan fingerprint density at radius 2 is 2.26 bits per heavy atom. The van der Waals surface area contributed by atoms with Gasteiger partial charge in [0.05, 0.1) is 0 Å². The Bertz CT molecular complexity index is 471. The Balaban J connectivity index is 1.55. The van der Waals surface area contributed by atoms with Crippen LogP contribution in [-0.4, -0.2) is 27.4 Å². The summed E-state index contributed by atoms with van der Waals surface area (Å²) in [5, 5.41) is 7.60. The lowest BCUT2D eigenvalue weighted by Gasteiger charge is -2.05. The molecule has 6 heteroatoms. The zero-order chi connectivity index (χ0) is 13.3. The van der Waals surface area contributed by atoms with Crippen molar-refractivity contribution < 1.29 is 0 Å². The van der Waals surface area contributed by atoms with Crippen LogP contribution in [0.1, 0.15) is 24.7 Å². The van der Waals surface area contributed by atoms with Gasteiger partial charge in [-0.05, 0) is 24.6 Å². The lowest BCUT2D eigenvalue weighted by Crippen LogP contribution is -2.17. The molecule has 0 aromatic carbocycles. The SMILES string of the molecule is CCc1nsc(NCCCNCc2cccnc2)n1. The quantitative estimate of drug-likeness (QED) is 0.723. The van der Waals surface area contributed by atoms with Gasteiger partial charge in [0, 0.05) is 43.4 Å². The summed E-state index contributed by atoms with van der Waals surface area (Å²) >= 11 is 1.43. The first kappa shape index (κ1) is 13.9. The minimum Gasteiger partial charge on any atom is -0.360 e. The Morgan fingerprint density at radius 3 is 3.00 bits per heavy atom. The van der Waals surface area contributed by atoms with Gasteiger partial charge in [0.25, 0.3) is 0 Å². The molecule has 0 aliphatic heterocycles. The fraction of sp³-hybridized carbons (Fsp3) is 0.462. The fourth-order valence-electron chi connectivity index (χ4n) is 1.61. The maximum atomic E-state index is 4.36. The van der Waals surface area contributed by atoms with Crippen LogP contribution in [0.2, 0.25) is 0 Å². The molecule has 2 aromatic rings. The zero-order valence-corrected chi connectivity index (χ0v) is 11.9. The minimum absolute atomic E-state index is 0.868. The van der Waals surface area contributed by atoms with Crippen LogP contribution in [0.15, 0.2) is 24.5 Å². The molecule has 0 amide bonds. The second-order valence-corrected chi connectivity index (χ2v) is 4.94. The number of nitrogens with one attached hydrogen (secondary N) is 2. The Kier molecular flexibility index (Phi) is 5.71. The van der Waals surface area contributed by atoms with E-state index in [-0.39, 0.29) is 0 Å². The molecule has 0 spiro atoms. The third-order valence-electron chi connectivity index (χ3n) is 2.64. The van der Waals surface area contributed by atoms with Crippen LogP contribution in [0, 0.1) is 0 Å². The average molecular weight is 277 g/mol. The van der Waals surface area contributed by atoms with E-state index in [1.807, 2.05) is 12.3 Å². The molecule has 0 unspecified atom stereocenters. The van der Waals surface area contributed by atoms with Crippen LogP contribution < -0.4 is 10.6 Å². The van der Waals surface area contributed by atoms with E-state index in [9.17, 15) is 0 Å². The highest BCUT2D eigenvalue weighted by molar-refractivity contribution is 7.09. The standard InChI is InChI=1S/C13H19N5S/c1-2-12-17-13(19-18-12)16-8-4-7-15-10-11-5-3-6-14-9-11/h3,5-6,9,15H,2,4,7-8,10H2,1H3,(H,16,17,18). The Labute approximate surface area is 117 Å². The van der Waals surface area contributed by atoms with Crippen LogP contribution in [0.3, 0.4) is 0 Å². The number of nitrogens with zero attached hydrogens (tertiary/aromatic N) is 3. The van der Waals surface area contributed by atoms with E-state index >= 15 is 0 Å². The first-order chi connectivity index (χ1) is 9.38. The van der Waals surface area contributed by atoms with E-state index in [1.54, 1.807) is 6.20 Å². The molecule has 5 nitrogen and oxygen atoms in total. The lowest BCUT2D eigenvalue weighted by molar-refractivity contribution is 0.662. The van der Waals surface area contributed by atoms with Crippen LogP contribution in [0.25, 0.3) is 0 Å². The summed E-state index contributed by atoms with van der Waals surface area (Å²) in [4.78, 5) is 8.45. The van der Waals surface area contributed by atoms with Crippen LogP contribution in [0.5, 0.6) is 0 Å². The molecule has 0 aliphatic carbocycles. The van der Waals surface area contributed by atoms with E-state index in [0.717, 1.165) is 43.4 Å². The fourth-order valence-corrected chi connectivity index (χ4v) is 2.29. The summed E-state index contributed by atoms with van der Waals surface area (Å²) in [5.41, 5.74) is 1.21. The van der Waals surface area contributed by atoms with E-state index in [4.69, 9.17) is 0 Å². The number of anilines is 1. The highest BCUT2D eigenvalue weighted by Gasteiger charge is 2.00. The van der Waals surface area contributed by atoms with Gasteiger partial charge in [-0.2, -0.15) is 4.37 Å². The monoisotopic (exact) mass is 277 g/mol. The van der Waals surface area contributed by atoms with Gasteiger partial charge in [0.1, 0.15) is 5.82 Å². The molecule has 0 saturated carbocycles. The van der Waals surface area contributed by atoms with Gasteiger partial charge in [-0.25, -0.2) is 4.98 Å². The van der Waals surface area contributed by atoms with Crippen molar-refractivity contribution in [2.24, 2.45) is 0 Å². The second kappa shape index (κ2) is 7.81. The maximum Gasteiger partial charge on any atom is 0.202 e. The first-order valence-corrected chi connectivity index (χ1v) is 7.32. The van der Waals surface area contributed by atoms with Crippen LogP contribution in [-0.2, 0) is 13.0 Å². The molecule has 0 saturated heterocycles. The normalized spacial score (nSPS) is 10.6. The number of aryl methyl sites for hydroxylation is 1. The topological polar surface area (TPSA) is 62.7 Å². The van der Waals surface area contributed by atoms with Crippen molar-refractivity contribution in [3.05, 3.63) is 35.9 Å². The molecule has 0 bridgehead atoms. The largest absolute Gasteiger partial charge is 0.360 e. The lowest BCUT2D eigenvalue weighted by atomic mass is 10.3. The Morgan fingerprint density at radius 1 is 1.32 bits per heavy atom. The van der Waals surface area contributed by atoms with Crippen molar-refractivity contribution in [2.75, 3.05) is 18.4 Å². The van der Waals surface area contributed by atoms with Gasteiger partial charge in [0.2, 0.25) is 5.13 Å². The molecular weight excluding hydrogens is 258 g/mol. The molecule has 2 N–H and O–H groups in total. The average Bonchev–Trinajstić information content (AvgIpc) is 2.92. The number of pyridine rings is 1. The van der Waals surface area contributed by atoms with Crippen molar-refractivity contribution >= 4 is 16.7 Å². The van der Waals surface area contributed by atoms with Crippen molar-refractivity contribution in [2.45, 2.75) is 26.3 Å². The van der Waals surface area contributed by atoms with Gasteiger partial charge in [-0.3, -0.25) is 4.98 Å². The molecule has 102 valence electrons. The molecule has 19 heavy (non-hydrogen) atoms. The van der Waals surface area contributed by atoms with Gasteiger partial charge in [-0.1, -0.05) is 13.0 Å². The van der Waals surface area contributed by atoms with Gasteiger partial charge in [-0.15, -0.1) is 0 Å². The van der Waals surface area contributed by atoms with Gasteiger partial charge in [0.15, 0.2) is 0 Å². The van der Waals surface area contributed by atoms with E-state index in [0.29, 0.717) is 0 Å². The van der Waals surface area contributed by atoms with Gasteiger partial charge >= 0.3 is 0 Å². The minimum atomic E-state index is 0.868. The molecule has 2 rings (SSSR count). The summed E-state index contributed by atoms with van der Waals surface area (Å²) in [6.07, 6.45) is 5.63. The maximum absolute atomic E-state index is 4.36. The van der Waals surface area contributed by atoms with Crippen molar-refractivity contribution in [1.82, 2.24) is 19.7 Å². The number of rotatable bonds is 8. The van der Waals surface area contributed by atoms with Crippen LogP contribution >= 0.6 is 11.5 Å². The third kappa shape index (κ3) is 4.92. The summed E-state index contributed by atoms with van der Waals surface area (Å²) in [6.45, 7) is 4.82. The molecule has 0 radical (unpaired) electrons. The summed E-state index contributed by atoms with van der Waals surface area (Å²) in [6, 6.07) is 4.03.